The maximum absolute atomic E-state index is 5.44. The van der Waals surface area contributed by atoms with Crippen molar-refractivity contribution in [3.05, 3.63) is 400 Å². The Hall–Kier alpha value is -14.7. The molecule has 512 valence electrons. The molecule has 0 N–H and O–H groups in total. The first-order chi connectivity index (χ1) is 54.5. The third-order valence-electron chi connectivity index (χ3n) is 22.0. The number of fused-ring (bicyclic) bond motifs is 9. The molecule has 0 unspecified atom stereocenters. The lowest BCUT2D eigenvalue weighted by molar-refractivity contribution is 1.18. The minimum atomic E-state index is 0.660. The molecule has 0 saturated heterocycles. The fraction of sp³-hybridized carbons (Fsp3) is 0. The average molecular weight is 1400 g/mol. The minimum Gasteiger partial charge on any atom is -0.309 e. The van der Waals surface area contributed by atoms with Crippen LogP contribution in [-0.2, 0) is 0 Å². The molecule has 4 heterocycles. The van der Waals surface area contributed by atoms with Gasteiger partial charge in [-0.15, -0.1) is 0 Å². The number of benzene rings is 17. The van der Waals surface area contributed by atoms with E-state index in [9.17, 15) is 0 Å². The Morgan fingerprint density at radius 1 is 0.155 bits per heavy atom. The molecule has 4 aromatic heterocycles. The summed E-state index contributed by atoms with van der Waals surface area (Å²) in [7, 11) is 0. The molecule has 0 aliphatic heterocycles. The summed E-state index contributed by atoms with van der Waals surface area (Å²) >= 11 is 0. The van der Waals surface area contributed by atoms with Crippen LogP contribution in [0.15, 0.2) is 400 Å². The van der Waals surface area contributed by atoms with E-state index in [1.54, 1.807) is 0 Å². The molecule has 0 bridgehead atoms. The molecule has 17 aromatic carbocycles. The van der Waals surface area contributed by atoms with E-state index in [4.69, 9.17) is 19.9 Å². The van der Waals surface area contributed by atoms with Crippen molar-refractivity contribution < 1.29 is 0 Å². The molecule has 0 atom stereocenters. The monoisotopic (exact) mass is 1400 g/mol. The number of hydrogen-bond acceptors (Lipinski definition) is 4. The lowest BCUT2D eigenvalue weighted by Gasteiger charge is -2.15. The van der Waals surface area contributed by atoms with Gasteiger partial charge in [-0.1, -0.05) is 328 Å². The Morgan fingerprint density at radius 2 is 0.418 bits per heavy atom. The normalized spacial score (nSPS) is 11.6. The highest BCUT2D eigenvalue weighted by atomic mass is 15.0. The second-order valence-electron chi connectivity index (χ2n) is 28.4. The van der Waals surface area contributed by atoms with Gasteiger partial charge in [0.2, 0.25) is 0 Å². The molecule has 0 amide bonds. The Bertz CT molecular complexity index is 7040. The summed E-state index contributed by atoms with van der Waals surface area (Å²) in [5, 5.41) is 11.9. The van der Waals surface area contributed by atoms with Gasteiger partial charge in [-0.25, -0.2) is 19.9 Å². The van der Waals surface area contributed by atoms with Gasteiger partial charge in [-0.2, -0.15) is 0 Å². The van der Waals surface area contributed by atoms with Crippen molar-refractivity contribution in [3.63, 3.8) is 0 Å². The fourth-order valence-corrected chi connectivity index (χ4v) is 16.6. The van der Waals surface area contributed by atoms with Crippen LogP contribution >= 0.6 is 0 Å². The Labute approximate surface area is 636 Å². The second kappa shape index (κ2) is 26.7. The molecule has 0 radical (unpaired) electrons. The number of aromatic nitrogens is 6. The lowest BCUT2D eigenvalue weighted by atomic mass is 9.93. The molecule has 0 spiro atoms. The SMILES string of the molecule is c1ccc(-c2ccc(-c3cc(-c4ccc(-c5ccc(-n6c7ccccc7c7ccccc76)cc5)c5ccccc45)nc(-c4ccc(-c5ccc(-c6ccc7cc(-c8cc(-c9ccc(-c%10ccc(-n%11c%12ccccc%12c%12ccccc%12%11)cc%10)c%10ccccc9%10)nc(-c9ccccc9)n8)ccc7c6)cc5)cc4)n3)cc2)cc1. The van der Waals surface area contributed by atoms with Crippen LogP contribution in [0.1, 0.15) is 0 Å². The van der Waals surface area contributed by atoms with Crippen LogP contribution in [0.3, 0.4) is 0 Å². The number of nitrogens with zero attached hydrogens (tertiary/aromatic N) is 6. The zero-order valence-corrected chi connectivity index (χ0v) is 59.8. The van der Waals surface area contributed by atoms with Gasteiger partial charge in [0, 0.05) is 66.3 Å². The van der Waals surface area contributed by atoms with Crippen LogP contribution in [-0.4, -0.2) is 29.1 Å². The molecule has 6 nitrogen and oxygen atoms in total. The first-order valence-corrected chi connectivity index (χ1v) is 37.5. The van der Waals surface area contributed by atoms with Crippen molar-refractivity contribution in [1.82, 2.24) is 29.1 Å². The molecular weight excluding hydrogens is 1330 g/mol. The lowest BCUT2D eigenvalue weighted by Crippen LogP contribution is -1.97. The molecule has 0 aliphatic carbocycles. The minimum absolute atomic E-state index is 0.660. The van der Waals surface area contributed by atoms with Crippen LogP contribution in [0.5, 0.6) is 0 Å². The molecular formula is C104H66N6. The third-order valence-corrected chi connectivity index (χ3v) is 22.0. The maximum Gasteiger partial charge on any atom is 0.160 e. The van der Waals surface area contributed by atoms with Gasteiger partial charge < -0.3 is 9.13 Å². The van der Waals surface area contributed by atoms with Crippen molar-refractivity contribution in [2.75, 3.05) is 0 Å². The van der Waals surface area contributed by atoms with Crippen molar-refractivity contribution in [1.29, 1.82) is 0 Å². The number of hydrogen-bond donors (Lipinski definition) is 0. The van der Waals surface area contributed by atoms with Crippen LogP contribution in [0.2, 0.25) is 0 Å². The van der Waals surface area contributed by atoms with Gasteiger partial charge in [-0.05, 0) is 161 Å². The van der Waals surface area contributed by atoms with Gasteiger partial charge in [0.1, 0.15) is 0 Å². The third kappa shape index (κ3) is 11.3. The fourth-order valence-electron chi connectivity index (χ4n) is 16.6. The predicted octanol–water partition coefficient (Wildman–Crippen LogP) is 27.3. The van der Waals surface area contributed by atoms with Crippen molar-refractivity contribution in [2.45, 2.75) is 0 Å². The topological polar surface area (TPSA) is 61.4 Å². The van der Waals surface area contributed by atoms with E-state index in [1.807, 2.05) is 6.07 Å². The highest BCUT2D eigenvalue weighted by molar-refractivity contribution is 6.12. The van der Waals surface area contributed by atoms with Crippen LogP contribution in [0, 0.1) is 0 Å². The summed E-state index contributed by atoms with van der Waals surface area (Å²) in [6, 6.07) is 144. The van der Waals surface area contributed by atoms with Crippen molar-refractivity contribution in [3.8, 4) is 135 Å². The van der Waals surface area contributed by atoms with Gasteiger partial charge >= 0.3 is 0 Å². The Morgan fingerprint density at radius 3 is 0.836 bits per heavy atom. The van der Waals surface area contributed by atoms with Crippen LogP contribution in [0.4, 0.5) is 0 Å². The molecule has 0 aliphatic rings. The molecule has 0 saturated carbocycles. The second-order valence-corrected chi connectivity index (χ2v) is 28.4. The summed E-state index contributed by atoms with van der Waals surface area (Å²) < 4.78 is 4.74. The average Bonchev–Trinajstić information content (AvgIpc) is 1.54. The zero-order valence-electron chi connectivity index (χ0n) is 59.8. The van der Waals surface area contributed by atoms with E-state index >= 15 is 0 Å². The largest absolute Gasteiger partial charge is 0.309 e. The number of rotatable bonds is 13. The van der Waals surface area contributed by atoms with Crippen molar-refractivity contribution in [2.24, 2.45) is 0 Å². The van der Waals surface area contributed by atoms with E-state index in [0.29, 0.717) is 11.6 Å². The van der Waals surface area contributed by atoms with Crippen LogP contribution < -0.4 is 0 Å². The summed E-state index contributed by atoms with van der Waals surface area (Å²) in [6.45, 7) is 0. The highest BCUT2D eigenvalue weighted by Crippen LogP contribution is 2.43. The van der Waals surface area contributed by atoms with Crippen LogP contribution in [0.25, 0.3) is 211 Å². The first kappa shape index (κ1) is 63.7. The van der Waals surface area contributed by atoms with Gasteiger partial charge in [0.05, 0.1) is 44.8 Å². The smallest absolute Gasteiger partial charge is 0.160 e. The van der Waals surface area contributed by atoms with Crippen molar-refractivity contribution >= 4 is 75.9 Å². The van der Waals surface area contributed by atoms with E-state index in [0.717, 1.165) is 144 Å². The summed E-state index contributed by atoms with van der Waals surface area (Å²) in [5.41, 5.74) is 28.0. The highest BCUT2D eigenvalue weighted by Gasteiger charge is 2.21. The quantitative estimate of drug-likeness (QED) is 0.115. The van der Waals surface area contributed by atoms with E-state index in [2.05, 4.69) is 403 Å². The maximum atomic E-state index is 5.44. The van der Waals surface area contributed by atoms with E-state index in [-0.39, 0.29) is 0 Å². The van der Waals surface area contributed by atoms with Gasteiger partial charge in [0.15, 0.2) is 11.6 Å². The van der Waals surface area contributed by atoms with E-state index in [1.165, 1.54) is 54.7 Å². The molecule has 21 aromatic rings. The summed E-state index contributed by atoms with van der Waals surface area (Å²) in [6.07, 6.45) is 0. The summed E-state index contributed by atoms with van der Waals surface area (Å²) in [5.74, 6) is 1.34. The standard InChI is InChI=1S/C104H66N6/c1-3-19-67(20-4-1)68-39-43-74(44-40-68)95-65-97(89-61-59-83(85-23-7-9-25-87(85)89)72-51-55-81(56-52-72)109-99-31-15-11-27-91(99)92-28-12-16-32-100(92)109)108-104(105-95)76-45-41-70(42-46-76)69-35-37-71(38-36-69)77-47-48-79-64-80(50-49-78(79)63-77)96-66-98(107-103(106-96)75-21-5-2-6-22-75)90-62-60-84(86-24-8-10-26-88(86)90)73-53-57-82(58-54-73)110-101-33-17-13-29-93(101)94-30-14-18-34-102(94)110/h1-66H. The molecule has 110 heavy (non-hydrogen) atoms. The number of para-hydroxylation sites is 4. The Balaban J connectivity index is 0.566. The van der Waals surface area contributed by atoms with E-state index < -0.39 is 0 Å². The molecule has 6 heteroatoms. The van der Waals surface area contributed by atoms with Gasteiger partial charge in [-0.3, -0.25) is 0 Å². The predicted molar refractivity (Wildman–Crippen MR) is 459 cm³/mol. The van der Waals surface area contributed by atoms with Gasteiger partial charge in [0.25, 0.3) is 0 Å². The Kier molecular flexibility index (Phi) is 15.5. The summed E-state index contributed by atoms with van der Waals surface area (Å²) in [4.78, 5) is 21.4. The molecule has 21 rings (SSSR count). The zero-order chi connectivity index (χ0) is 72.6. The molecule has 0 fully saturated rings. The first-order valence-electron chi connectivity index (χ1n) is 37.5.